The molecule has 2 saturated heterocycles. The average Bonchev–Trinajstić information content (AvgIpc) is 2.78. The fourth-order valence-electron chi connectivity index (χ4n) is 2.33. The number of piperidine rings is 1. The van der Waals surface area contributed by atoms with Crippen molar-refractivity contribution < 1.29 is 24.1 Å². The van der Waals surface area contributed by atoms with E-state index in [0.29, 0.717) is 32.7 Å². The molecule has 0 aromatic carbocycles. The number of hydrogen-bond donors (Lipinski definition) is 1. The molecule has 2 heterocycles. The van der Waals surface area contributed by atoms with Gasteiger partial charge in [-0.25, -0.2) is 4.79 Å². The molecule has 0 aliphatic carbocycles. The molecule has 0 saturated carbocycles. The number of nitrogens with zero attached hydrogens (tertiary/aromatic N) is 1. The number of amides is 1. The van der Waals surface area contributed by atoms with Gasteiger partial charge in [-0.3, -0.25) is 0 Å². The summed E-state index contributed by atoms with van der Waals surface area (Å²) in [4.78, 5) is 12.9. The maximum atomic E-state index is 11.4. The van der Waals surface area contributed by atoms with Crippen molar-refractivity contribution >= 4 is 6.09 Å². The molecule has 6 nitrogen and oxygen atoms in total. The minimum atomic E-state index is -0.695. The van der Waals surface area contributed by atoms with Gasteiger partial charge in [-0.15, -0.1) is 0 Å². The molecule has 0 aromatic rings. The zero-order chi connectivity index (χ0) is 11.6. The maximum Gasteiger partial charge on any atom is 0.409 e. The molecule has 1 N–H and O–H groups in total. The quantitative estimate of drug-likeness (QED) is 0.677. The van der Waals surface area contributed by atoms with E-state index in [1.54, 1.807) is 4.90 Å². The van der Waals surface area contributed by atoms with E-state index < -0.39 is 5.79 Å². The Morgan fingerprint density at radius 2 is 2.25 bits per heavy atom. The molecular weight excluding hydrogens is 214 g/mol. The first-order valence-corrected chi connectivity index (χ1v) is 5.43. The Bertz CT molecular complexity index is 264. The summed E-state index contributed by atoms with van der Waals surface area (Å²) < 4.78 is 15.8. The highest BCUT2D eigenvalue weighted by molar-refractivity contribution is 5.67. The Hall–Kier alpha value is -0.850. The predicted molar refractivity (Wildman–Crippen MR) is 53.8 cm³/mol. The minimum absolute atomic E-state index is 0.0620. The molecule has 2 aliphatic heterocycles. The Morgan fingerprint density at radius 3 is 2.81 bits per heavy atom. The summed E-state index contributed by atoms with van der Waals surface area (Å²) >= 11 is 0. The number of ether oxygens (including phenoxy) is 3. The molecule has 0 bridgehead atoms. The number of likely N-dealkylation sites (tertiary alicyclic amines) is 1. The van der Waals surface area contributed by atoms with Crippen LogP contribution in [0.3, 0.4) is 0 Å². The Balaban J connectivity index is 2.04. The van der Waals surface area contributed by atoms with E-state index in [1.165, 1.54) is 7.11 Å². The van der Waals surface area contributed by atoms with Crippen LogP contribution in [0.1, 0.15) is 6.42 Å². The minimum Gasteiger partial charge on any atom is -0.453 e. The van der Waals surface area contributed by atoms with Crippen molar-refractivity contribution in [3.63, 3.8) is 0 Å². The van der Waals surface area contributed by atoms with Crippen LogP contribution in [-0.4, -0.2) is 61.9 Å². The first-order valence-electron chi connectivity index (χ1n) is 5.43. The molecule has 2 aliphatic rings. The number of carbonyl (C=O) groups is 1. The molecule has 0 radical (unpaired) electrons. The van der Waals surface area contributed by atoms with Gasteiger partial charge in [0.15, 0.2) is 5.79 Å². The van der Waals surface area contributed by atoms with Crippen LogP contribution in [0.2, 0.25) is 0 Å². The van der Waals surface area contributed by atoms with Crippen LogP contribution in [0.15, 0.2) is 0 Å². The smallest absolute Gasteiger partial charge is 0.409 e. The Labute approximate surface area is 94.1 Å². The van der Waals surface area contributed by atoms with Crippen LogP contribution in [0, 0.1) is 5.92 Å². The van der Waals surface area contributed by atoms with E-state index >= 15 is 0 Å². The van der Waals surface area contributed by atoms with Crippen molar-refractivity contribution in [3.05, 3.63) is 0 Å². The molecule has 1 unspecified atom stereocenters. The summed E-state index contributed by atoms with van der Waals surface area (Å²) in [6.07, 6.45) is 0.208. The van der Waals surface area contributed by atoms with Crippen molar-refractivity contribution in [1.29, 1.82) is 0 Å². The summed E-state index contributed by atoms with van der Waals surface area (Å²) in [7, 11) is 1.35. The molecule has 1 atom stereocenters. The Kier molecular flexibility index (Phi) is 3.32. The van der Waals surface area contributed by atoms with Crippen LogP contribution >= 0.6 is 0 Å². The number of methoxy groups -OCH3 is 1. The van der Waals surface area contributed by atoms with Crippen LogP contribution in [0.4, 0.5) is 4.79 Å². The summed E-state index contributed by atoms with van der Waals surface area (Å²) in [6.45, 7) is 1.98. The van der Waals surface area contributed by atoms with Crippen molar-refractivity contribution in [2.45, 2.75) is 12.2 Å². The van der Waals surface area contributed by atoms with Crippen LogP contribution in [0.5, 0.6) is 0 Å². The van der Waals surface area contributed by atoms with Gasteiger partial charge in [0.25, 0.3) is 0 Å². The van der Waals surface area contributed by atoms with Gasteiger partial charge in [0.2, 0.25) is 0 Å². The lowest BCUT2D eigenvalue weighted by molar-refractivity contribution is -0.225. The van der Waals surface area contributed by atoms with Crippen LogP contribution < -0.4 is 0 Å². The van der Waals surface area contributed by atoms with Crippen LogP contribution in [-0.2, 0) is 14.2 Å². The van der Waals surface area contributed by atoms with Gasteiger partial charge < -0.3 is 24.2 Å². The zero-order valence-corrected chi connectivity index (χ0v) is 9.35. The monoisotopic (exact) mass is 231 g/mol. The molecule has 6 heteroatoms. The van der Waals surface area contributed by atoms with Crippen molar-refractivity contribution in [3.8, 4) is 0 Å². The molecule has 16 heavy (non-hydrogen) atoms. The lowest BCUT2D eigenvalue weighted by Crippen LogP contribution is -2.55. The standard InChI is InChI=1S/C10H17NO5/c1-14-9(13)11-3-2-10(8(6-11)7-12)15-4-5-16-10/h8,12H,2-7H2,1H3. The van der Waals surface area contributed by atoms with Gasteiger partial charge in [0.1, 0.15) is 0 Å². The van der Waals surface area contributed by atoms with E-state index in [1.807, 2.05) is 0 Å². The lowest BCUT2D eigenvalue weighted by Gasteiger charge is -2.42. The molecule has 1 spiro atoms. The van der Waals surface area contributed by atoms with Crippen LogP contribution in [0.25, 0.3) is 0 Å². The van der Waals surface area contributed by atoms with E-state index in [-0.39, 0.29) is 18.6 Å². The van der Waals surface area contributed by atoms with E-state index in [0.717, 1.165) is 0 Å². The summed E-state index contributed by atoms with van der Waals surface area (Å²) in [5, 5.41) is 9.35. The second kappa shape index (κ2) is 4.57. The SMILES string of the molecule is COC(=O)N1CCC2(OCCO2)C(CO)C1. The second-order valence-electron chi connectivity index (χ2n) is 4.05. The maximum absolute atomic E-state index is 11.4. The molecule has 1 amide bonds. The highest BCUT2D eigenvalue weighted by Crippen LogP contribution is 2.35. The van der Waals surface area contributed by atoms with Crippen molar-refractivity contribution in [2.24, 2.45) is 5.92 Å². The third-order valence-electron chi connectivity index (χ3n) is 3.22. The highest BCUT2D eigenvalue weighted by Gasteiger charge is 2.48. The zero-order valence-electron chi connectivity index (χ0n) is 9.35. The van der Waals surface area contributed by atoms with Gasteiger partial charge in [-0.2, -0.15) is 0 Å². The van der Waals surface area contributed by atoms with Crippen molar-refractivity contribution in [2.75, 3.05) is 40.0 Å². The number of aliphatic hydroxyl groups excluding tert-OH is 1. The summed E-state index contributed by atoms with van der Waals surface area (Å²) in [5.41, 5.74) is 0. The first-order chi connectivity index (χ1) is 7.72. The number of aliphatic hydroxyl groups is 1. The third-order valence-corrected chi connectivity index (χ3v) is 3.22. The fraction of sp³-hybridized carbons (Fsp3) is 0.900. The molecule has 2 fully saturated rings. The highest BCUT2D eigenvalue weighted by atomic mass is 16.7. The van der Waals surface area contributed by atoms with Gasteiger partial charge in [-0.05, 0) is 0 Å². The third kappa shape index (κ3) is 1.88. The fourth-order valence-corrected chi connectivity index (χ4v) is 2.33. The first kappa shape index (κ1) is 11.6. The van der Waals surface area contributed by atoms with Gasteiger partial charge in [0.05, 0.1) is 32.8 Å². The number of hydrogen-bond acceptors (Lipinski definition) is 5. The topological polar surface area (TPSA) is 68.2 Å². The largest absolute Gasteiger partial charge is 0.453 e. The normalized spacial score (nSPS) is 28.4. The molecule has 92 valence electrons. The number of rotatable bonds is 1. The Morgan fingerprint density at radius 1 is 1.56 bits per heavy atom. The molecular formula is C10H17NO5. The van der Waals surface area contributed by atoms with Gasteiger partial charge >= 0.3 is 6.09 Å². The summed E-state index contributed by atoms with van der Waals surface area (Å²) in [6, 6.07) is 0. The molecule has 2 rings (SSSR count). The van der Waals surface area contributed by atoms with E-state index in [4.69, 9.17) is 9.47 Å². The molecule has 0 aromatic heterocycles. The van der Waals surface area contributed by atoms with Gasteiger partial charge in [0, 0.05) is 19.5 Å². The van der Waals surface area contributed by atoms with E-state index in [9.17, 15) is 9.90 Å². The lowest BCUT2D eigenvalue weighted by atomic mass is 9.91. The summed E-state index contributed by atoms with van der Waals surface area (Å²) in [5.74, 6) is -0.901. The van der Waals surface area contributed by atoms with E-state index in [2.05, 4.69) is 4.74 Å². The van der Waals surface area contributed by atoms with Crippen molar-refractivity contribution in [1.82, 2.24) is 4.90 Å². The predicted octanol–water partition coefficient (Wildman–Crippen LogP) is -0.190. The van der Waals surface area contributed by atoms with Gasteiger partial charge in [-0.1, -0.05) is 0 Å². The second-order valence-corrected chi connectivity index (χ2v) is 4.05. The average molecular weight is 231 g/mol. The number of carbonyl (C=O) groups excluding carboxylic acids is 1.